The molecule has 0 radical (unpaired) electrons. The first-order valence-electron chi connectivity index (χ1n) is 10.2. The van der Waals surface area contributed by atoms with Crippen LogP contribution in [-0.4, -0.2) is 6.36 Å². The predicted molar refractivity (Wildman–Crippen MR) is 115 cm³/mol. The molecule has 186 valence electrons. The van der Waals surface area contributed by atoms with Crippen molar-refractivity contribution in [3.05, 3.63) is 108 Å². The van der Waals surface area contributed by atoms with Gasteiger partial charge in [-0.05, 0) is 59.2 Å². The lowest BCUT2D eigenvalue weighted by Crippen LogP contribution is -2.25. The van der Waals surface area contributed by atoms with E-state index in [1.54, 1.807) is 30.3 Å². The van der Waals surface area contributed by atoms with Crippen LogP contribution in [0, 0.1) is 17.5 Å². The van der Waals surface area contributed by atoms with Crippen LogP contribution >= 0.6 is 0 Å². The fourth-order valence-corrected chi connectivity index (χ4v) is 3.47. The van der Waals surface area contributed by atoms with Crippen LogP contribution in [0.2, 0.25) is 0 Å². The average molecular weight is 510 g/mol. The maximum Gasteiger partial charge on any atom is 0.573 e. The monoisotopic (exact) mass is 510 g/mol. The summed E-state index contributed by atoms with van der Waals surface area (Å²) in [5, 5.41) is 0. The van der Waals surface area contributed by atoms with Crippen molar-refractivity contribution in [2.24, 2.45) is 0 Å². The van der Waals surface area contributed by atoms with Gasteiger partial charge in [0.15, 0.2) is 0 Å². The van der Waals surface area contributed by atoms with Gasteiger partial charge in [0.1, 0.15) is 34.5 Å². The molecule has 4 aromatic carbocycles. The van der Waals surface area contributed by atoms with Gasteiger partial charge in [-0.15, -0.1) is 13.2 Å². The molecule has 0 atom stereocenters. The molecule has 4 rings (SSSR count). The first-order chi connectivity index (χ1) is 16.9. The van der Waals surface area contributed by atoms with E-state index in [9.17, 15) is 35.1 Å². The lowest BCUT2D eigenvalue weighted by molar-refractivity contribution is -0.274. The molecule has 0 aromatic heterocycles. The fraction of sp³-hybridized carbons (Fsp3) is 0.0769. The molecule has 0 spiro atoms. The maximum atomic E-state index is 14.7. The van der Waals surface area contributed by atoms with Gasteiger partial charge in [-0.2, -0.15) is 8.78 Å². The first-order valence-corrected chi connectivity index (χ1v) is 10.2. The second-order valence-corrected chi connectivity index (χ2v) is 7.51. The molecule has 4 aromatic rings. The van der Waals surface area contributed by atoms with Gasteiger partial charge in [0, 0.05) is 5.56 Å². The van der Waals surface area contributed by atoms with E-state index in [4.69, 9.17) is 0 Å². The Kier molecular flexibility index (Phi) is 6.62. The van der Waals surface area contributed by atoms with E-state index in [1.807, 2.05) is 0 Å². The largest absolute Gasteiger partial charge is 0.573 e. The summed E-state index contributed by atoms with van der Waals surface area (Å²) in [6.45, 7) is 0. The third-order valence-corrected chi connectivity index (χ3v) is 5.02. The van der Waals surface area contributed by atoms with Gasteiger partial charge in [0.25, 0.3) is 0 Å². The summed E-state index contributed by atoms with van der Waals surface area (Å²) in [7, 11) is 0. The second-order valence-electron chi connectivity index (χ2n) is 7.51. The van der Waals surface area contributed by atoms with Crippen molar-refractivity contribution in [1.82, 2.24) is 0 Å². The van der Waals surface area contributed by atoms with Crippen LogP contribution in [0.3, 0.4) is 0 Å². The molecular formula is C26H14F8O2. The molecule has 0 fully saturated rings. The Balaban J connectivity index is 1.60. The van der Waals surface area contributed by atoms with E-state index in [2.05, 4.69) is 9.47 Å². The van der Waals surface area contributed by atoms with Gasteiger partial charge < -0.3 is 9.47 Å². The molecule has 0 saturated heterocycles. The van der Waals surface area contributed by atoms with Crippen LogP contribution in [0.15, 0.2) is 84.9 Å². The third-order valence-electron chi connectivity index (χ3n) is 5.02. The van der Waals surface area contributed by atoms with Crippen LogP contribution < -0.4 is 9.47 Å². The Morgan fingerprint density at radius 3 is 1.56 bits per heavy atom. The van der Waals surface area contributed by atoms with Crippen molar-refractivity contribution in [1.29, 1.82) is 0 Å². The number of alkyl halides is 5. The van der Waals surface area contributed by atoms with Gasteiger partial charge in [-0.1, -0.05) is 42.5 Å². The summed E-state index contributed by atoms with van der Waals surface area (Å²) >= 11 is 0. The zero-order valence-electron chi connectivity index (χ0n) is 17.9. The van der Waals surface area contributed by atoms with E-state index < -0.39 is 47.0 Å². The number of halogens is 8. The van der Waals surface area contributed by atoms with Crippen LogP contribution in [0.1, 0.15) is 5.56 Å². The molecule has 0 aliphatic heterocycles. The van der Waals surface area contributed by atoms with Crippen LogP contribution in [0.4, 0.5) is 35.1 Å². The number of hydrogen-bond acceptors (Lipinski definition) is 2. The molecule has 2 nitrogen and oxygen atoms in total. The molecule has 10 heteroatoms. The summed E-state index contributed by atoms with van der Waals surface area (Å²) in [5.41, 5.74) is -1.09. The van der Waals surface area contributed by atoms with Crippen molar-refractivity contribution in [3.8, 4) is 33.8 Å². The van der Waals surface area contributed by atoms with Crippen LogP contribution in [-0.2, 0) is 6.11 Å². The maximum absolute atomic E-state index is 14.7. The fourth-order valence-electron chi connectivity index (χ4n) is 3.47. The highest BCUT2D eigenvalue weighted by molar-refractivity contribution is 5.71. The highest BCUT2D eigenvalue weighted by Gasteiger charge is 2.41. The van der Waals surface area contributed by atoms with Crippen molar-refractivity contribution < 1.29 is 44.6 Å². The second kappa shape index (κ2) is 9.52. The van der Waals surface area contributed by atoms with E-state index in [-0.39, 0.29) is 11.1 Å². The Bertz CT molecular complexity index is 1340. The predicted octanol–water partition coefficient (Wildman–Crippen LogP) is 8.46. The topological polar surface area (TPSA) is 18.5 Å². The molecule has 0 amide bonds. The summed E-state index contributed by atoms with van der Waals surface area (Å²) in [4.78, 5) is 0. The zero-order chi connectivity index (χ0) is 26.1. The van der Waals surface area contributed by atoms with Gasteiger partial charge >= 0.3 is 12.5 Å². The highest BCUT2D eigenvalue weighted by Crippen LogP contribution is 2.38. The molecule has 0 aliphatic carbocycles. The lowest BCUT2D eigenvalue weighted by Gasteiger charge is -2.20. The smallest absolute Gasteiger partial charge is 0.429 e. The molecular weight excluding hydrogens is 496 g/mol. The number of hydrogen-bond donors (Lipinski definition) is 0. The standard InChI is InChI=1S/C26H14F8O2/c27-21-12-16(15-4-2-1-3-5-15)6-11-20(21)17-13-22(28)24(23(29)14-17)25(30,31)35-18-7-9-19(10-8-18)36-26(32,33)34/h1-14H. The van der Waals surface area contributed by atoms with E-state index in [0.717, 1.165) is 6.07 Å². The van der Waals surface area contributed by atoms with E-state index in [1.165, 1.54) is 12.1 Å². The molecule has 0 N–H and O–H groups in total. The quantitative estimate of drug-likeness (QED) is 0.242. The van der Waals surface area contributed by atoms with Crippen molar-refractivity contribution in [2.75, 3.05) is 0 Å². The van der Waals surface area contributed by atoms with Gasteiger partial charge in [-0.25, -0.2) is 13.2 Å². The van der Waals surface area contributed by atoms with E-state index >= 15 is 0 Å². The number of ether oxygens (including phenoxy) is 2. The van der Waals surface area contributed by atoms with Crippen molar-refractivity contribution in [3.63, 3.8) is 0 Å². The van der Waals surface area contributed by atoms with Gasteiger partial charge in [0.2, 0.25) is 0 Å². The van der Waals surface area contributed by atoms with Crippen molar-refractivity contribution >= 4 is 0 Å². The molecule has 0 aliphatic rings. The minimum Gasteiger partial charge on any atom is -0.429 e. The van der Waals surface area contributed by atoms with Gasteiger partial charge in [0.05, 0.1) is 0 Å². The Morgan fingerprint density at radius 1 is 0.500 bits per heavy atom. The summed E-state index contributed by atoms with van der Waals surface area (Å²) in [6, 6.07) is 16.6. The molecule has 0 heterocycles. The highest BCUT2D eigenvalue weighted by atomic mass is 19.4. The molecule has 36 heavy (non-hydrogen) atoms. The Labute approximate surface area is 199 Å². The normalized spacial score (nSPS) is 11.9. The molecule has 0 saturated carbocycles. The molecule has 0 unspecified atom stereocenters. The first kappa shape index (κ1) is 25.0. The number of benzene rings is 4. The molecule has 0 bridgehead atoms. The van der Waals surface area contributed by atoms with Gasteiger partial charge in [-0.3, -0.25) is 0 Å². The average Bonchev–Trinajstić information content (AvgIpc) is 2.79. The Morgan fingerprint density at radius 2 is 1.03 bits per heavy atom. The summed E-state index contributed by atoms with van der Waals surface area (Å²) in [6.07, 6.45) is -9.55. The van der Waals surface area contributed by atoms with Crippen LogP contribution in [0.25, 0.3) is 22.3 Å². The minimum absolute atomic E-state index is 0.219. The Hall–Kier alpha value is -4.08. The number of rotatable bonds is 6. The summed E-state index contributed by atoms with van der Waals surface area (Å²) in [5.74, 6) is -5.63. The summed E-state index contributed by atoms with van der Waals surface area (Å²) < 4.78 is 118. The van der Waals surface area contributed by atoms with Crippen molar-refractivity contribution in [2.45, 2.75) is 12.5 Å². The SMILES string of the molecule is Fc1cc(-c2ccccc2)ccc1-c1cc(F)c(C(F)(F)Oc2ccc(OC(F)(F)F)cc2)c(F)c1. The van der Waals surface area contributed by atoms with Crippen LogP contribution in [0.5, 0.6) is 11.5 Å². The zero-order valence-corrected chi connectivity index (χ0v) is 17.9. The minimum atomic E-state index is -5.00. The third kappa shape index (κ3) is 5.59. The van der Waals surface area contributed by atoms with E-state index in [0.29, 0.717) is 47.5 Å². The lowest BCUT2D eigenvalue weighted by atomic mass is 9.98.